The molecule has 0 spiro atoms. The number of nitrogens with zero attached hydrogens (tertiary/aromatic N) is 1. The Morgan fingerprint density at radius 3 is 2.72 bits per heavy atom. The van der Waals surface area contributed by atoms with E-state index in [1.165, 1.54) is 13.2 Å². The van der Waals surface area contributed by atoms with Crippen molar-refractivity contribution in [1.29, 1.82) is 0 Å². The van der Waals surface area contributed by atoms with Crippen molar-refractivity contribution >= 4 is 18.2 Å². The van der Waals surface area contributed by atoms with Gasteiger partial charge in [0.2, 0.25) is 0 Å². The molecule has 0 bridgehead atoms. The molecule has 94 valence electrons. The molecule has 0 radical (unpaired) electrons. The van der Waals surface area contributed by atoms with Crippen molar-refractivity contribution in [2.24, 2.45) is 7.05 Å². The molecular formula is C12H11FN2O2S. The van der Waals surface area contributed by atoms with E-state index in [9.17, 15) is 9.18 Å². The summed E-state index contributed by atoms with van der Waals surface area (Å²) >= 11 is 5.05. The minimum absolute atomic E-state index is 0.148. The maximum atomic E-state index is 13.8. The second-order valence-corrected chi connectivity index (χ2v) is 4.07. The zero-order valence-corrected chi connectivity index (χ0v) is 10.7. The van der Waals surface area contributed by atoms with Crippen molar-refractivity contribution in [3.8, 4) is 11.3 Å². The topological polar surface area (TPSA) is 47.0 Å². The number of imidazole rings is 1. The minimum atomic E-state index is -0.583. The molecule has 1 N–H and O–H groups in total. The number of carbonyl (C=O) groups is 1. The lowest BCUT2D eigenvalue weighted by Crippen LogP contribution is -2.05. The van der Waals surface area contributed by atoms with Crippen LogP contribution in [0.2, 0.25) is 0 Å². The van der Waals surface area contributed by atoms with Gasteiger partial charge in [-0.2, -0.15) is 0 Å². The van der Waals surface area contributed by atoms with Gasteiger partial charge in [0.1, 0.15) is 5.82 Å². The van der Waals surface area contributed by atoms with Crippen LogP contribution in [0.15, 0.2) is 24.3 Å². The number of halogens is 1. The van der Waals surface area contributed by atoms with Gasteiger partial charge in [0.05, 0.1) is 12.8 Å². The highest BCUT2D eigenvalue weighted by Crippen LogP contribution is 2.26. The summed E-state index contributed by atoms with van der Waals surface area (Å²) in [4.78, 5) is 14.4. The SMILES string of the molecule is COC(=O)c1[nH]c(=S)n(C)c1-c1ccccc1F. The third-order valence-corrected chi connectivity index (χ3v) is 3.00. The van der Waals surface area contributed by atoms with Gasteiger partial charge in [0.15, 0.2) is 10.5 Å². The number of nitrogens with one attached hydrogen (secondary N) is 1. The highest BCUT2D eigenvalue weighted by atomic mass is 32.1. The molecule has 4 nitrogen and oxygen atoms in total. The van der Waals surface area contributed by atoms with Gasteiger partial charge in [0.25, 0.3) is 0 Å². The fraction of sp³-hybridized carbons (Fsp3) is 0.167. The first kappa shape index (κ1) is 12.5. The van der Waals surface area contributed by atoms with Crippen molar-refractivity contribution in [1.82, 2.24) is 9.55 Å². The van der Waals surface area contributed by atoms with E-state index in [0.29, 0.717) is 16.0 Å². The standard InChI is InChI=1S/C12H11FN2O2S/c1-15-10(7-5-3-4-6-8(7)13)9(11(16)17-2)14-12(15)18/h3-6H,1-2H3,(H,14,18). The Hall–Kier alpha value is -1.95. The predicted molar refractivity (Wildman–Crippen MR) is 67.3 cm³/mol. The lowest BCUT2D eigenvalue weighted by atomic mass is 10.1. The first-order chi connectivity index (χ1) is 8.56. The van der Waals surface area contributed by atoms with Crippen LogP contribution in [0.4, 0.5) is 4.39 Å². The molecule has 6 heteroatoms. The molecule has 1 heterocycles. The van der Waals surface area contributed by atoms with Crippen LogP contribution in [-0.2, 0) is 11.8 Å². The Morgan fingerprint density at radius 2 is 2.11 bits per heavy atom. The molecule has 0 fully saturated rings. The summed E-state index contributed by atoms with van der Waals surface area (Å²) in [7, 11) is 2.92. The molecule has 2 rings (SSSR count). The van der Waals surface area contributed by atoms with E-state index >= 15 is 0 Å². The molecule has 0 amide bonds. The molecule has 0 aliphatic heterocycles. The number of rotatable bonds is 2. The number of aromatic nitrogens is 2. The van der Waals surface area contributed by atoms with Crippen LogP contribution in [0.5, 0.6) is 0 Å². The number of benzene rings is 1. The van der Waals surface area contributed by atoms with Crippen LogP contribution in [-0.4, -0.2) is 22.6 Å². The quantitative estimate of drug-likeness (QED) is 0.671. The fourth-order valence-electron chi connectivity index (χ4n) is 1.74. The summed E-state index contributed by atoms with van der Waals surface area (Å²) < 4.78 is 20.3. The largest absolute Gasteiger partial charge is 0.464 e. The van der Waals surface area contributed by atoms with Crippen molar-refractivity contribution in [2.75, 3.05) is 7.11 Å². The molecule has 1 aromatic carbocycles. The summed E-state index contributed by atoms with van der Waals surface area (Å²) in [6.45, 7) is 0. The normalized spacial score (nSPS) is 10.4. The summed E-state index contributed by atoms with van der Waals surface area (Å²) in [5.74, 6) is -1.01. The third kappa shape index (κ3) is 1.95. The smallest absolute Gasteiger partial charge is 0.356 e. The molecule has 1 aromatic heterocycles. The second kappa shape index (κ2) is 4.73. The molecule has 0 saturated carbocycles. The van der Waals surface area contributed by atoms with E-state index in [2.05, 4.69) is 9.72 Å². The van der Waals surface area contributed by atoms with Crippen LogP contribution in [0, 0.1) is 10.6 Å². The monoisotopic (exact) mass is 266 g/mol. The Morgan fingerprint density at radius 1 is 1.44 bits per heavy atom. The number of ether oxygens (including phenoxy) is 1. The summed E-state index contributed by atoms with van der Waals surface area (Å²) in [5, 5.41) is 0. The highest BCUT2D eigenvalue weighted by Gasteiger charge is 2.20. The second-order valence-electron chi connectivity index (χ2n) is 3.68. The lowest BCUT2D eigenvalue weighted by molar-refractivity contribution is 0.0595. The number of hydrogen-bond donors (Lipinski definition) is 1. The van der Waals surface area contributed by atoms with Gasteiger partial charge in [-0.25, -0.2) is 9.18 Å². The number of carbonyl (C=O) groups excluding carboxylic acids is 1. The van der Waals surface area contributed by atoms with E-state index in [4.69, 9.17) is 12.2 Å². The molecule has 0 atom stereocenters. The molecule has 0 saturated heterocycles. The van der Waals surface area contributed by atoms with E-state index in [-0.39, 0.29) is 5.69 Å². The molecule has 18 heavy (non-hydrogen) atoms. The van der Waals surface area contributed by atoms with Crippen LogP contribution in [0.1, 0.15) is 10.5 Å². The number of hydrogen-bond acceptors (Lipinski definition) is 3. The van der Waals surface area contributed by atoms with Gasteiger partial charge in [-0.15, -0.1) is 0 Å². The van der Waals surface area contributed by atoms with Gasteiger partial charge < -0.3 is 14.3 Å². The maximum absolute atomic E-state index is 13.8. The van der Waals surface area contributed by atoms with Gasteiger partial charge in [-0.05, 0) is 24.4 Å². The number of methoxy groups -OCH3 is 1. The number of aromatic amines is 1. The first-order valence-electron chi connectivity index (χ1n) is 5.18. The van der Waals surface area contributed by atoms with Crippen LogP contribution >= 0.6 is 12.2 Å². The van der Waals surface area contributed by atoms with Gasteiger partial charge in [-0.3, -0.25) is 0 Å². The summed E-state index contributed by atoms with van der Waals surface area (Å²) in [6.07, 6.45) is 0. The summed E-state index contributed by atoms with van der Waals surface area (Å²) in [6, 6.07) is 6.18. The highest BCUT2D eigenvalue weighted by molar-refractivity contribution is 7.71. The van der Waals surface area contributed by atoms with Gasteiger partial charge >= 0.3 is 5.97 Å². The molecule has 0 unspecified atom stereocenters. The zero-order chi connectivity index (χ0) is 13.3. The summed E-state index contributed by atoms with van der Waals surface area (Å²) in [5.41, 5.74) is 0.827. The van der Waals surface area contributed by atoms with Gasteiger partial charge in [0, 0.05) is 12.6 Å². The number of H-pyrrole nitrogens is 1. The van der Waals surface area contributed by atoms with E-state index < -0.39 is 11.8 Å². The molecule has 2 aromatic rings. The van der Waals surface area contributed by atoms with Crippen molar-refractivity contribution in [3.63, 3.8) is 0 Å². The maximum Gasteiger partial charge on any atom is 0.356 e. The van der Waals surface area contributed by atoms with Crippen LogP contribution < -0.4 is 0 Å². The Bertz CT molecular complexity index is 660. The Balaban J connectivity index is 2.75. The zero-order valence-electron chi connectivity index (χ0n) is 9.86. The van der Waals surface area contributed by atoms with E-state index in [0.717, 1.165) is 0 Å². The Kier molecular flexibility index (Phi) is 3.29. The van der Waals surface area contributed by atoms with Crippen molar-refractivity contribution in [2.45, 2.75) is 0 Å². The average Bonchev–Trinajstić information content (AvgIpc) is 2.66. The van der Waals surface area contributed by atoms with E-state index in [1.807, 2.05) is 0 Å². The molecular weight excluding hydrogens is 255 g/mol. The van der Waals surface area contributed by atoms with Crippen molar-refractivity contribution in [3.05, 3.63) is 40.5 Å². The predicted octanol–water partition coefficient (Wildman–Crippen LogP) is 2.68. The third-order valence-electron chi connectivity index (χ3n) is 2.63. The van der Waals surface area contributed by atoms with Crippen LogP contribution in [0.3, 0.4) is 0 Å². The minimum Gasteiger partial charge on any atom is -0.464 e. The van der Waals surface area contributed by atoms with E-state index in [1.54, 1.807) is 29.8 Å². The van der Waals surface area contributed by atoms with Crippen LogP contribution in [0.25, 0.3) is 11.3 Å². The number of esters is 1. The van der Waals surface area contributed by atoms with Crippen molar-refractivity contribution < 1.29 is 13.9 Å². The lowest BCUT2D eigenvalue weighted by Gasteiger charge is -2.06. The first-order valence-corrected chi connectivity index (χ1v) is 5.59. The fourth-order valence-corrected chi connectivity index (χ4v) is 1.93. The molecule has 0 aliphatic rings. The Labute approximate surface area is 108 Å². The molecule has 0 aliphatic carbocycles. The van der Waals surface area contributed by atoms with Gasteiger partial charge in [-0.1, -0.05) is 12.1 Å². The average molecular weight is 266 g/mol.